The van der Waals surface area contributed by atoms with Gasteiger partial charge in [0.25, 0.3) is 0 Å². The first-order valence-electron chi connectivity index (χ1n) is 14.9. The van der Waals surface area contributed by atoms with Crippen molar-refractivity contribution in [3.63, 3.8) is 0 Å². The Bertz CT molecular complexity index is 2380. The first-order chi connectivity index (χ1) is 21.5. The van der Waals surface area contributed by atoms with Crippen LogP contribution in [0.4, 0.5) is 5.69 Å². The quantitative estimate of drug-likeness (QED) is 0.195. The van der Waals surface area contributed by atoms with Crippen LogP contribution in [-0.4, -0.2) is 14.1 Å². The average Bonchev–Trinajstić information content (AvgIpc) is 3.56. The van der Waals surface area contributed by atoms with E-state index in [1.165, 1.54) is 43.8 Å². The average molecular weight is 567 g/mol. The van der Waals surface area contributed by atoms with Crippen molar-refractivity contribution in [1.82, 2.24) is 14.1 Å². The normalized spacial score (nSPS) is 11.6. The topological polar surface area (TPSA) is 27.1 Å². The summed E-state index contributed by atoms with van der Waals surface area (Å²) in [7, 11) is 0. The van der Waals surface area contributed by atoms with E-state index in [9.17, 15) is 0 Å². The zero-order valence-electron chi connectivity index (χ0n) is 25.2. The zero-order valence-corrected chi connectivity index (χ0v) is 25.2. The zero-order chi connectivity index (χ0) is 30.1. The lowest BCUT2D eigenvalue weighted by Crippen LogP contribution is -2.08. The molecule has 3 aromatic heterocycles. The molecule has 8 rings (SSSR count). The van der Waals surface area contributed by atoms with Crippen molar-refractivity contribution in [3.05, 3.63) is 143 Å². The fraction of sp³-hybridized carbons (Fsp3) is 0.100. The highest BCUT2D eigenvalue weighted by Crippen LogP contribution is 2.44. The number of hydrogen-bond acceptors (Lipinski definition) is 1. The van der Waals surface area contributed by atoms with Crippen molar-refractivity contribution < 1.29 is 0 Å². The molecule has 44 heavy (non-hydrogen) atoms. The molecule has 0 saturated heterocycles. The van der Waals surface area contributed by atoms with E-state index < -0.39 is 0 Å². The number of fused-ring (bicyclic) bond motifs is 6. The standard InChI is InChI=1S/C40H30N4/c1-24-12-8-18-31-35(24)36-25(2)13-9-19-32(36)43(31)39-29(28-16-6-7-17-30(28)41-5)22-23-42-40(39)44-33-20-10-14-26(3)37(33)38-27(4)15-11-21-34(38)44/h6-23H,1-4H3. The fourth-order valence-electron chi connectivity index (χ4n) is 7.23. The van der Waals surface area contributed by atoms with Gasteiger partial charge >= 0.3 is 0 Å². The van der Waals surface area contributed by atoms with Crippen LogP contribution in [0.25, 0.3) is 71.1 Å². The van der Waals surface area contributed by atoms with Gasteiger partial charge in [-0.1, -0.05) is 72.8 Å². The summed E-state index contributed by atoms with van der Waals surface area (Å²) in [4.78, 5) is 9.15. The molecule has 0 aliphatic rings. The molecule has 0 fully saturated rings. The van der Waals surface area contributed by atoms with E-state index in [-0.39, 0.29) is 0 Å². The van der Waals surface area contributed by atoms with E-state index in [1.807, 2.05) is 24.4 Å². The van der Waals surface area contributed by atoms with Crippen LogP contribution < -0.4 is 0 Å². The summed E-state index contributed by atoms with van der Waals surface area (Å²) in [5.74, 6) is 0.834. The van der Waals surface area contributed by atoms with Gasteiger partial charge in [-0.2, -0.15) is 0 Å². The molecular weight excluding hydrogens is 536 g/mol. The Hall–Kier alpha value is -5.66. The summed E-state index contributed by atoms with van der Waals surface area (Å²) in [6, 6.07) is 36.1. The van der Waals surface area contributed by atoms with Gasteiger partial charge in [0.05, 0.1) is 34.3 Å². The molecule has 0 saturated carbocycles. The van der Waals surface area contributed by atoms with Crippen molar-refractivity contribution in [1.29, 1.82) is 0 Å². The molecule has 4 nitrogen and oxygen atoms in total. The summed E-state index contributed by atoms with van der Waals surface area (Å²) < 4.78 is 4.71. The Kier molecular flexibility index (Phi) is 5.73. The van der Waals surface area contributed by atoms with Crippen LogP contribution in [-0.2, 0) is 0 Å². The number of rotatable bonds is 3. The molecule has 3 heterocycles. The number of hydrogen-bond donors (Lipinski definition) is 0. The van der Waals surface area contributed by atoms with Crippen LogP contribution in [0, 0.1) is 34.3 Å². The lowest BCUT2D eigenvalue weighted by atomic mass is 10.0. The maximum Gasteiger partial charge on any atom is 0.194 e. The molecule has 0 spiro atoms. The lowest BCUT2D eigenvalue weighted by Gasteiger charge is -2.20. The summed E-state index contributed by atoms with van der Waals surface area (Å²) in [6.07, 6.45) is 1.89. The molecule has 4 heteroatoms. The highest BCUT2D eigenvalue weighted by Gasteiger charge is 2.25. The van der Waals surface area contributed by atoms with E-state index in [1.54, 1.807) is 0 Å². The van der Waals surface area contributed by atoms with E-state index >= 15 is 0 Å². The minimum absolute atomic E-state index is 0.618. The molecule has 0 N–H and O–H groups in total. The monoisotopic (exact) mass is 566 g/mol. The Balaban J connectivity index is 1.65. The fourth-order valence-corrected chi connectivity index (χ4v) is 7.23. The Labute approximate surface area is 256 Å². The molecule has 8 aromatic rings. The van der Waals surface area contributed by atoms with Gasteiger partial charge < -0.3 is 4.57 Å². The summed E-state index contributed by atoms with van der Waals surface area (Å²) in [5.41, 5.74) is 12.9. The predicted octanol–water partition coefficient (Wildman–Crippen LogP) is 10.7. The smallest absolute Gasteiger partial charge is 0.194 e. The van der Waals surface area contributed by atoms with Crippen LogP contribution in [0.5, 0.6) is 0 Å². The molecule has 0 bridgehead atoms. The van der Waals surface area contributed by atoms with E-state index in [0.29, 0.717) is 5.69 Å². The van der Waals surface area contributed by atoms with Gasteiger partial charge in [-0.3, -0.25) is 4.57 Å². The number of nitrogens with zero attached hydrogens (tertiary/aromatic N) is 4. The Morgan fingerprint density at radius 2 is 0.955 bits per heavy atom. The van der Waals surface area contributed by atoms with Crippen LogP contribution in [0.1, 0.15) is 22.3 Å². The number of aryl methyl sites for hydroxylation is 4. The first kappa shape index (κ1) is 26.0. The summed E-state index contributed by atoms with van der Waals surface area (Å²) in [5, 5.41) is 4.98. The van der Waals surface area contributed by atoms with Crippen molar-refractivity contribution >= 4 is 49.3 Å². The second-order valence-electron chi connectivity index (χ2n) is 11.7. The van der Waals surface area contributed by atoms with Gasteiger partial charge in [-0.15, -0.1) is 0 Å². The maximum atomic E-state index is 8.05. The van der Waals surface area contributed by atoms with Gasteiger partial charge in [0, 0.05) is 33.3 Å². The Morgan fingerprint density at radius 3 is 1.43 bits per heavy atom. The van der Waals surface area contributed by atoms with Gasteiger partial charge in [-0.05, 0) is 85.8 Å². The molecule has 0 aliphatic heterocycles. The highest BCUT2D eigenvalue weighted by molar-refractivity contribution is 6.15. The van der Waals surface area contributed by atoms with Crippen molar-refractivity contribution in [2.45, 2.75) is 27.7 Å². The first-order valence-corrected chi connectivity index (χ1v) is 14.9. The lowest BCUT2D eigenvalue weighted by molar-refractivity contribution is 1.03. The largest absolute Gasteiger partial charge is 0.305 e. The number of benzene rings is 5. The third-order valence-corrected chi connectivity index (χ3v) is 9.12. The van der Waals surface area contributed by atoms with E-state index in [2.05, 4.69) is 127 Å². The third-order valence-electron chi connectivity index (χ3n) is 9.12. The SMILES string of the molecule is [C-]#[N+]c1ccccc1-c1ccnc(-n2c3cccc(C)c3c3c(C)cccc32)c1-n1c2cccc(C)c2c2c(C)cccc21. The minimum Gasteiger partial charge on any atom is -0.305 e. The molecule has 5 aromatic carbocycles. The van der Waals surface area contributed by atoms with Gasteiger partial charge in [0.15, 0.2) is 11.5 Å². The Morgan fingerprint density at radius 1 is 0.500 bits per heavy atom. The van der Waals surface area contributed by atoms with Gasteiger partial charge in [-0.25, -0.2) is 9.83 Å². The summed E-state index contributed by atoms with van der Waals surface area (Å²) >= 11 is 0. The molecule has 0 aliphatic carbocycles. The van der Waals surface area contributed by atoms with Crippen molar-refractivity contribution in [2.75, 3.05) is 0 Å². The maximum absolute atomic E-state index is 8.05. The molecular formula is C40H30N4. The van der Waals surface area contributed by atoms with Crippen molar-refractivity contribution in [3.8, 4) is 22.6 Å². The number of para-hydroxylation sites is 1. The molecule has 0 amide bonds. The predicted molar refractivity (Wildman–Crippen MR) is 184 cm³/mol. The molecule has 0 unspecified atom stereocenters. The number of aromatic nitrogens is 3. The highest BCUT2D eigenvalue weighted by atomic mass is 15.1. The van der Waals surface area contributed by atoms with E-state index in [0.717, 1.165) is 44.7 Å². The van der Waals surface area contributed by atoms with Crippen LogP contribution in [0.3, 0.4) is 0 Å². The molecule has 0 radical (unpaired) electrons. The third kappa shape index (κ3) is 3.53. The second-order valence-corrected chi connectivity index (χ2v) is 11.7. The van der Waals surface area contributed by atoms with Crippen LogP contribution in [0.2, 0.25) is 0 Å². The second kappa shape index (κ2) is 9.69. The number of pyridine rings is 1. The van der Waals surface area contributed by atoms with Gasteiger partial charge in [0.2, 0.25) is 0 Å². The van der Waals surface area contributed by atoms with E-state index in [4.69, 9.17) is 11.6 Å². The van der Waals surface area contributed by atoms with Gasteiger partial charge in [0.1, 0.15) is 0 Å². The van der Waals surface area contributed by atoms with Crippen molar-refractivity contribution in [2.24, 2.45) is 0 Å². The minimum atomic E-state index is 0.618. The molecule has 210 valence electrons. The van der Waals surface area contributed by atoms with Crippen LogP contribution in [0.15, 0.2) is 109 Å². The van der Waals surface area contributed by atoms with Crippen LogP contribution >= 0.6 is 0 Å². The molecule has 0 atom stereocenters. The summed E-state index contributed by atoms with van der Waals surface area (Å²) in [6.45, 7) is 16.8.